The van der Waals surface area contributed by atoms with Gasteiger partial charge >= 0.3 is 5.97 Å². The number of carbonyl (C=O) groups excluding carboxylic acids is 2. The molecule has 0 aromatic carbocycles. The Morgan fingerprint density at radius 3 is 2.76 bits per heavy atom. The number of hydrogen-bond donors (Lipinski definition) is 2. The lowest BCUT2D eigenvalue weighted by Crippen LogP contribution is -2.40. The summed E-state index contributed by atoms with van der Waals surface area (Å²) >= 11 is 1.34. The van der Waals surface area contributed by atoms with Crippen molar-refractivity contribution >= 4 is 29.3 Å². The minimum atomic E-state index is -1.63. The number of nitriles is 1. The fourth-order valence-corrected chi connectivity index (χ4v) is 2.57. The zero-order chi connectivity index (χ0) is 19.0. The molecule has 1 unspecified atom stereocenters. The van der Waals surface area contributed by atoms with Crippen LogP contribution in [0.15, 0.2) is 17.2 Å². The van der Waals surface area contributed by atoms with E-state index in [-0.39, 0.29) is 30.6 Å². The van der Waals surface area contributed by atoms with Crippen molar-refractivity contribution in [2.24, 2.45) is 0 Å². The quantitative estimate of drug-likeness (QED) is 0.537. The number of aliphatic hydroxyl groups is 1. The van der Waals surface area contributed by atoms with Crippen LogP contribution in [0.5, 0.6) is 0 Å². The number of carbonyl (C=O) groups is 2. The molecule has 0 aliphatic carbocycles. The maximum absolute atomic E-state index is 12.3. The number of esters is 1. The van der Waals surface area contributed by atoms with E-state index in [4.69, 9.17) is 10.00 Å². The molecule has 1 atom stereocenters. The van der Waals surface area contributed by atoms with Gasteiger partial charge in [0, 0.05) is 11.3 Å². The van der Waals surface area contributed by atoms with Gasteiger partial charge in [0.25, 0.3) is 5.91 Å². The van der Waals surface area contributed by atoms with Crippen LogP contribution >= 0.6 is 11.8 Å². The molecular formula is C17H23N3O4S. The summed E-state index contributed by atoms with van der Waals surface area (Å²) in [6.07, 6.45) is 3.56. The monoisotopic (exact) mass is 365 g/mol. The van der Waals surface area contributed by atoms with Crippen molar-refractivity contribution in [3.05, 3.63) is 18.0 Å². The van der Waals surface area contributed by atoms with Gasteiger partial charge in [0.1, 0.15) is 11.7 Å². The van der Waals surface area contributed by atoms with Crippen LogP contribution in [0.25, 0.3) is 0 Å². The molecule has 1 aromatic heterocycles. The van der Waals surface area contributed by atoms with Crippen molar-refractivity contribution in [2.75, 3.05) is 11.6 Å². The molecule has 2 N–H and O–H groups in total. The molecule has 0 spiro atoms. The fraction of sp³-hybridized carbons (Fsp3) is 0.529. The van der Waals surface area contributed by atoms with Gasteiger partial charge in [-0.3, -0.25) is 9.59 Å². The lowest BCUT2D eigenvalue weighted by atomic mass is 9.98. The van der Waals surface area contributed by atoms with E-state index in [1.54, 1.807) is 26.2 Å². The molecule has 8 heteroatoms. The molecule has 136 valence electrons. The largest absolute Gasteiger partial charge is 0.463 e. The number of ether oxygens (including phenoxy) is 1. The summed E-state index contributed by atoms with van der Waals surface area (Å²) in [5.74, 6) is -0.949. The lowest BCUT2D eigenvalue weighted by Gasteiger charge is -2.22. The Morgan fingerprint density at radius 2 is 2.20 bits per heavy atom. The van der Waals surface area contributed by atoms with Gasteiger partial charge in [0.15, 0.2) is 5.69 Å². The standard InChI is InChI=1S/C17H23N3O4S/c1-11(2)24-15(21)6-5-7-17(3,23)16(22)20-12-8-14(25-4)13(9-18)19-10-12/h8,10-11,23H,5-7H2,1-4H3,(H,20,22). The molecule has 0 saturated heterocycles. The third-order valence-electron chi connectivity index (χ3n) is 3.34. The van der Waals surface area contributed by atoms with Crippen molar-refractivity contribution in [3.63, 3.8) is 0 Å². The SMILES string of the molecule is CSc1cc(NC(=O)C(C)(O)CCCC(=O)OC(C)C)cnc1C#N. The Morgan fingerprint density at radius 1 is 1.52 bits per heavy atom. The fourth-order valence-electron chi connectivity index (χ4n) is 2.03. The molecular weight excluding hydrogens is 342 g/mol. The molecule has 7 nitrogen and oxygen atoms in total. The third kappa shape index (κ3) is 6.72. The van der Waals surface area contributed by atoms with Gasteiger partial charge in [-0.25, -0.2) is 4.98 Å². The minimum Gasteiger partial charge on any atom is -0.463 e. The van der Waals surface area contributed by atoms with Crippen molar-refractivity contribution in [1.82, 2.24) is 4.98 Å². The van der Waals surface area contributed by atoms with E-state index in [0.29, 0.717) is 17.0 Å². The summed E-state index contributed by atoms with van der Waals surface area (Å²) in [5.41, 5.74) is -0.959. The normalized spacial score (nSPS) is 13.0. The molecule has 1 aromatic rings. The van der Waals surface area contributed by atoms with Crippen LogP contribution in [0.3, 0.4) is 0 Å². The first-order chi connectivity index (χ1) is 11.7. The van der Waals surface area contributed by atoms with Crippen LogP contribution < -0.4 is 5.32 Å². The van der Waals surface area contributed by atoms with E-state index in [2.05, 4.69) is 10.3 Å². The van der Waals surface area contributed by atoms with Gasteiger partial charge in [-0.2, -0.15) is 5.26 Å². The number of aromatic nitrogens is 1. The molecule has 0 fully saturated rings. The Kier molecular flexibility index (Phi) is 7.87. The molecule has 1 heterocycles. The van der Waals surface area contributed by atoms with E-state index >= 15 is 0 Å². The highest BCUT2D eigenvalue weighted by molar-refractivity contribution is 7.98. The first-order valence-electron chi connectivity index (χ1n) is 7.87. The molecule has 1 amide bonds. The summed E-state index contributed by atoms with van der Waals surface area (Å²) in [6, 6.07) is 3.60. The Hall–Kier alpha value is -2.11. The molecule has 0 saturated carbocycles. The van der Waals surface area contributed by atoms with Crippen LogP contribution in [0.4, 0.5) is 5.69 Å². The van der Waals surface area contributed by atoms with E-state index in [1.165, 1.54) is 24.9 Å². The highest BCUT2D eigenvalue weighted by atomic mass is 32.2. The van der Waals surface area contributed by atoms with Gasteiger partial charge in [-0.15, -0.1) is 11.8 Å². The van der Waals surface area contributed by atoms with E-state index in [9.17, 15) is 14.7 Å². The van der Waals surface area contributed by atoms with Crippen LogP contribution in [-0.2, 0) is 14.3 Å². The van der Waals surface area contributed by atoms with E-state index in [0.717, 1.165) is 0 Å². The van der Waals surface area contributed by atoms with Crippen molar-refractivity contribution in [1.29, 1.82) is 5.26 Å². The Bertz CT molecular complexity index is 668. The number of anilines is 1. The number of nitrogens with zero attached hydrogens (tertiary/aromatic N) is 2. The highest BCUT2D eigenvalue weighted by Gasteiger charge is 2.30. The second-order valence-electron chi connectivity index (χ2n) is 6.01. The predicted molar refractivity (Wildman–Crippen MR) is 95.1 cm³/mol. The summed E-state index contributed by atoms with van der Waals surface area (Å²) in [6.45, 7) is 4.91. The first kappa shape index (κ1) is 20.9. The number of nitrogens with one attached hydrogen (secondary N) is 1. The molecule has 0 radical (unpaired) electrons. The Labute approximate surface area is 151 Å². The van der Waals surface area contributed by atoms with Crippen LogP contribution in [-0.4, -0.2) is 39.9 Å². The number of thioether (sulfide) groups is 1. The minimum absolute atomic E-state index is 0.116. The van der Waals surface area contributed by atoms with E-state index in [1.807, 2.05) is 6.07 Å². The average molecular weight is 365 g/mol. The molecule has 1 rings (SSSR count). The smallest absolute Gasteiger partial charge is 0.306 e. The third-order valence-corrected chi connectivity index (χ3v) is 4.09. The Balaban J connectivity index is 2.63. The number of hydrogen-bond acceptors (Lipinski definition) is 7. The van der Waals surface area contributed by atoms with Crippen LogP contribution in [0, 0.1) is 11.3 Å². The second-order valence-corrected chi connectivity index (χ2v) is 6.85. The molecule has 0 bridgehead atoms. The maximum atomic E-state index is 12.3. The highest BCUT2D eigenvalue weighted by Crippen LogP contribution is 2.23. The zero-order valence-corrected chi connectivity index (χ0v) is 15.6. The van der Waals surface area contributed by atoms with Gasteiger partial charge in [0.05, 0.1) is 18.0 Å². The van der Waals surface area contributed by atoms with Gasteiger partial charge in [0.2, 0.25) is 0 Å². The summed E-state index contributed by atoms with van der Waals surface area (Å²) < 4.78 is 5.01. The number of amides is 1. The molecule has 0 aliphatic heterocycles. The molecule has 25 heavy (non-hydrogen) atoms. The van der Waals surface area contributed by atoms with Crippen LogP contribution in [0.1, 0.15) is 45.7 Å². The van der Waals surface area contributed by atoms with Crippen LogP contribution in [0.2, 0.25) is 0 Å². The second kappa shape index (κ2) is 9.39. The topological polar surface area (TPSA) is 112 Å². The van der Waals surface area contributed by atoms with Gasteiger partial charge in [-0.05, 0) is 45.9 Å². The van der Waals surface area contributed by atoms with Gasteiger partial charge in [-0.1, -0.05) is 0 Å². The van der Waals surface area contributed by atoms with Gasteiger partial charge < -0.3 is 15.2 Å². The summed E-state index contributed by atoms with van der Waals surface area (Å²) in [5, 5.41) is 21.9. The van der Waals surface area contributed by atoms with Crippen molar-refractivity contribution in [3.8, 4) is 6.07 Å². The van der Waals surface area contributed by atoms with E-state index < -0.39 is 11.5 Å². The number of pyridine rings is 1. The lowest BCUT2D eigenvalue weighted by molar-refractivity contribution is -0.148. The summed E-state index contributed by atoms with van der Waals surface area (Å²) in [7, 11) is 0. The first-order valence-corrected chi connectivity index (χ1v) is 9.09. The molecule has 0 aliphatic rings. The van der Waals surface area contributed by atoms with Crippen molar-refractivity contribution in [2.45, 2.75) is 56.6 Å². The predicted octanol–water partition coefficient (Wildman–Crippen LogP) is 2.49. The average Bonchev–Trinajstić information content (AvgIpc) is 2.53. The van der Waals surface area contributed by atoms with Crippen molar-refractivity contribution < 1.29 is 19.4 Å². The maximum Gasteiger partial charge on any atom is 0.306 e. The summed E-state index contributed by atoms with van der Waals surface area (Å²) in [4.78, 5) is 28.4. The number of rotatable bonds is 8. The zero-order valence-electron chi connectivity index (χ0n) is 14.8.